The van der Waals surface area contributed by atoms with E-state index in [1.165, 1.54) is 0 Å². The van der Waals surface area contributed by atoms with E-state index in [9.17, 15) is 4.79 Å². The number of hydrogen-bond acceptors (Lipinski definition) is 3. The molecule has 0 heterocycles. The second kappa shape index (κ2) is 6.06. The van der Waals surface area contributed by atoms with Gasteiger partial charge in [0.1, 0.15) is 11.4 Å². The summed E-state index contributed by atoms with van der Waals surface area (Å²) < 4.78 is 11.1. The molecule has 0 bridgehead atoms. The molecule has 1 aliphatic rings. The maximum Gasteiger partial charge on any atom is 0.256 e. The first-order chi connectivity index (χ1) is 9.92. The second-order valence-corrected chi connectivity index (χ2v) is 5.91. The molecular weight excluding hydrogens is 266 g/mol. The first kappa shape index (κ1) is 15.8. The number of nitrogens with one attached hydrogen (secondary N) is 1. The lowest BCUT2D eigenvalue weighted by atomic mass is 9.98. The molecule has 1 fully saturated rings. The Morgan fingerprint density at radius 2 is 1.90 bits per heavy atom. The summed E-state index contributed by atoms with van der Waals surface area (Å²) in [6, 6.07) is 3.89. The van der Waals surface area contributed by atoms with Crippen LogP contribution in [0.2, 0.25) is 0 Å². The van der Waals surface area contributed by atoms with Crippen molar-refractivity contribution in [2.45, 2.75) is 46.1 Å². The average molecular weight is 291 g/mol. The van der Waals surface area contributed by atoms with Crippen molar-refractivity contribution in [3.05, 3.63) is 23.3 Å². The molecule has 4 nitrogen and oxygen atoms in total. The van der Waals surface area contributed by atoms with Gasteiger partial charge in [-0.05, 0) is 69.7 Å². The van der Waals surface area contributed by atoms with Crippen LogP contribution < -0.4 is 10.1 Å². The van der Waals surface area contributed by atoms with Crippen LogP contribution in [0.15, 0.2) is 12.1 Å². The van der Waals surface area contributed by atoms with Gasteiger partial charge in [0.05, 0.1) is 6.61 Å². The lowest BCUT2D eigenvalue weighted by molar-refractivity contribution is -0.138. The Morgan fingerprint density at radius 3 is 2.33 bits per heavy atom. The fourth-order valence-corrected chi connectivity index (χ4v) is 2.73. The highest BCUT2D eigenvalue weighted by molar-refractivity contribution is 5.97. The number of carbonyl (C=O) groups excluding carboxylic acids is 1. The highest BCUT2D eigenvalue weighted by Crippen LogP contribution is 2.42. The monoisotopic (exact) mass is 291 g/mol. The maximum absolute atomic E-state index is 12.5. The normalized spacial score (nSPS) is 17.2. The van der Waals surface area contributed by atoms with Crippen molar-refractivity contribution >= 4 is 11.6 Å². The summed E-state index contributed by atoms with van der Waals surface area (Å²) in [5.74, 6) is 1.15. The van der Waals surface area contributed by atoms with Gasteiger partial charge in [-0.3, -0.25) is 4.79 Å². The van der Waals surface area contributed by atoms with E-state index in [0.717, 1.165) is 35.4 Å². The van der Waals surface area contributed by atoms with E-state index in [4.69, 9.17) is 9.47 Å². The Labute approximate surface area is 126 Å². The van der Waals surface area contributed by atoms with Crippen LogP contribution in [0, 0.1) is 19.8 Å². The van der Waals surface area contributed by atoms with Crippen LogP contribution in [0.5, 0.6) is 5.75 Å². The zero-order valence-electron chi connectivity index (χ0n) is 13.6. The van der Waals surface area contributed by atoms with E-state index in [1.54, 1.807) is 7.11 Å². The van der Waals surface area contributed by atoms with Crippen molar-refractivity contribution in [3.63, 3.8) is 0 Å². The van der Waals surface area contributed by atoms with Gasteiger partial charge in [-0.25, -0.2) is 0 Å². The highest BCUT2D eigenvalue weighted by atomic mass is 16.5. The minimum Gasteiger partial charge on any atom is -0.493 e. The van der Waals surface area contributed by atoms with Crippen LogP contribution in [-0.2, 0) is 9.53 Å². The van der Waals surface area contributed by atoms with Gasteiger partial charge in [-0.1, -0.05) is 0 Å². The average Bonchev–Trinajstić information content (AvgIpc) is 3.26. The number of rotatable bonds is 6. The molecule has 1 saturated carbocycles. The Morgan fingerprint density at radius 1 is 1.33 bits per heavy atom. The number of aryl methyl sites for hydroxylation is 2. The molecule has 0 unspecified atom stereocenters. The molecule has 1 aromatic carbocycles. The number of anilines is 1. The maximum atomic E-state index is 12.5. The number of benzene rings is 1. The highest BCUT2D eigenvalue weighted by Gasteiger charge is 2.47. The first-order valence-corrected chi connectivity index (χ1v) is 7.53. The van der Waals surface area contributed by atoms with E-state index >= 15 is 0 Å². The molecule has 1 N–H and O–H groups in total. The minimum absolute atomic E-state index is 0.0736. The van der Waals surface area contributed by atoms with E-state index in [2.05, 4.69) is 5.32 Å². The van der Waals surface area contributed by atoms with Crippen molar-refractivity contribution in [2.24, 2.45) is 5.92 Å². The number of ether oxygens (including phenoxy) is 2. The second-order valence-electron chi connectivity index (χ2n) is 5.91. The van der Waals surface area contributed by atoms with Crippen LogP contribution in [0.3, 0.4) is 0 Å². The third-order valence-electron chi connectivity index (χ3n) is 4.24. The summed E-state index contributed by atoms with van der Waals surface area (Å²) in [5.41, 5.74) is 2.11. The molecule has 1 aromatic rings. The summed E-state index contributed by atoms with van der Waals surface area (Å²) >= 11 is 0. The fraction of sp³-hybridized carbons (Fsp3) is 0.588. The molecule has 0 saturated heterocycles. The van der Waals surface area contributed by atoms with E-state index in [1.807, 2.05) is 39.8 Å². The Balaban J connectivity index is 2.18. The molecular formula is C17H25NO3. The lowest BCUT2D eigenvalue weighted by Gasteiger charge is -2.27. The summed E-state index contributed by atoms with van der Waals surface area (Å²) in [5, 5.41) is 2.99. The Bertz CT molecular complexity index is 514. The molecule has 2 rings (SSSR count). The van der Waals surface area contributed by atoms with Gasteiger partial charge >= 0.3 is 0 Å². The zero-order chi connectivity index (χ0) is 15.6. The molecule has 1 amide bonds. The van der Waals surface area contributed by atoms with E-state index in [-0.39, 0.29) is 5.91 Å². The van der Waals surface area contributed by atoms with Crippen LogP contribution in [-0.4, -0.2) is 25.2 Å². The first-order valence-electron chi connectivity index (χ1n) is 7.53. The van der Waals surface area contributed by atoms with Gasteiger partial charge in [-0.15, -0.1) is 0 Å². The van der Waals surface area contributed by atoms with Crippen molar-refractivity contribution < 1.29 is 14.3 Å². The largest absolute Gasteiger partial charge is 0.493 e. The summed E-state index contributed by atoms with van der Waals surface area (Å²) in [6.45, 7) is 8.45. The van der Waals surface area contributed by atoms with Gasteiger partial charge in [0.15, 0.2) is 0 Å². The molecule has 1 aliphatic carbocycles. The van der Waals surface area contributed by atoms with Gasteiger partial charge < -0.3 is 14.8 Å². The standard InChI is InChI=1S/C17H25NO3/c1-6-21-15-11(2)9-14(10-12(15)3)18-16(19)17(4,20-5)13-7-8-13/h9-10,13H,6-8H2,1-5H3,(H,18,19)/t17-/m1/s1. The van der Waals surface area contributed by atoms with E-state index < -0.39 is 5.60 Å². The van der Waals surface area contributed by atoms with Crippen molar-refractivity contribution in [3.8, 4) is 5.75 Å². The quantitative estimate of drug-likeness (QED) is 0.873. The SMILES string of the molecule is CCOc1c(C)cc(NC(=O)[C@](C)(OC)C2CC2)cc1C. The number of hydrogen-bond donors (Lipinski definition) is 1. The number of amides is 1. The topological polar surface area (TPSA) is 47.6 Å². The molecule has 0 aliphatic heterocycles. The Hall–Kier alpha value is -1.55. The molecule has 116 valence electrons. The zero-order valence-corrected chi connectivity index (χ0v) is 13.6. The Kier molecular flexibility index (Phi) is 4.57. The van der Waals surface area contributed by atoms with Crippen LogP contribution in [0.4, 0.5) is 5.69 Å². The van der Waals surface area contributed by atoms with E-state index in [0.29, 0.717) is 12.5 Å². The van der Waals surface area contributed by atoms with Crippen LogP contribution >= 0.6 is 0 Å². The van der Waals surface area contributed by atoms with Gasteiger partial charge in [0, 0.05) is 12.8 Å². The van der Waals surface area contributed by atoms with Gasteiger partial charge in [0.25, 0.3) is 5.91 Å². The molecule has 21 heavy (non-hydrogen) atoms. The summed E-state index contributed by atoms with van der Waals surface area (Å²) in [6.07, 6.45) is 2.11. The van der Waals surface area contributed by atoms with Crippen LogP contribution in [0.25, 0.3) is 0 Å². The predicted molar refractivity (Wildman–Crippen MR) is 83.9 cm³/mol. The minimum atomic E-state index is -0.736. The molecule has 4 heteroatoms. The predicted octanol–water partition coefficient (Wildman–Crippen LogP) is 3.46. The van der Waals surface area contributed by atoms with Crippen molar-refractivity contribution in [1.82, 2.24) is 0 Å². The smallest absolute Gasteiger partial charge is 0.256 e. The summed E-state index contributed by atoms with van der Waals surface area (Å²) in [4.78, 5) is 12.5. The lowest BCUT2D eigenvalue weighted by Crippen LogP contribution is -2.44. The molecule has 0 radical (unpaired) electrons. The van der Waals surface area contributed by atoms with Gasteiger partial charge in [-0.2, -0.15) is 0 Å². The number of carbonyl (C=O) groups is 1. The van der Waals surface area contributed by atoms with Crippen molar-refractivity contribution in [1.29, 1.82) is 0 Å². The van der Waals surface area contributed by atoms with Gasteiger partial charge in [0.2, 0.25) is 0 Å². The fourth-order valence-electron chi connectivity index (χ4n) is 2.73. The summed E-state index contributed by atoms with van der Waals surface area (Å²) in [7, 11) is 1.60. The molecule has 0 spiro atoms. The number of methoxy groups -OCH3 is 1. The van der Waals surface area contributed by atoms with Crippen LogP contribution in [0.1, 0.15) is 37.8 Å². The third kappa shape index (κ3) is 3.21. The molecule has 0 aromatic heterocycles. The van der Waals surface area contributed by atoms with Crippen molar-refractivity contribution in [2.75, 3.05) is 19.0 Å². The molecule has 1 atom stereocenters. The third-order valence-corrected chi connectivity index (χ3v) is 4.24.